The fourth-order valence-electron chi connectivity index (χ4n) is 4.15. The second kappa shape index (κ2) is 5.88. The van der Waals surface area contributed by atoms with Crippen LogP contribution in [0.25, 0.3) is 0 Å². The summed E-state index contributed by atoms with van der Waals surface area (Å²) in [7, 11) is 0. The minimum atomic E-state index is -0.278. The lowest BCUT2D eigenvalue weighted by Crippen LogP contribution is -2.59. The Morgan fingerprint density at radius 3 is 2.29 bits per heavy atom. The Labute approximate surface area is 129 Å². The summed E-state index contributed by atoms with van der Waals surface area (Å²) in [5, 5.41) is 0. The molecule has 2 rings (SSSR count). The molecule has 0 aromatic rings. The predicted molar refractivity (Wildman–Crippen MR) is 84.9 cm³/mol. The number of amides is 1. The Morgan fingerprint density at radius 2 is 1.76 bits per heavy atom. The van der Waals surface area contributed by atoms with Crippen LogP contribution in [0.5, 0.6) is 0 Å². The molecule has 0 radical (unpaired) electrons. The molecule has 4 heteroatoms. The van der Waals surface area contributed by atoms with Crippen LogP contribution >= 0.6 is 0 Å². The number of nitrogens with zero attached hydrogens (tertiary/aromatic N) is 1. The van der Waals surface area contributed by atoms with E-state index in [1.165, 1.54) is 0 Å². The molecule has 2 N–H and O–H groups in total. The Bertz CT molecular complexity index is 376. The highest BCUT2D eigenvalue weighted by Crippen LogP contribution is 2.33. The van der Waals surface area contributed by atoms with Gasteiger partial charge in [-0.05, 0) is 52.9 Å². The van der Waals surface area contributed by atoms with E-state index in [1.54, 1.807) is 0 Å². The van der Waals surface area contributed by atoms with E-state index in [9.17, 15) is 4.79 Å². The minimum absolute atomic E-state index is 0.0704. The zero-order valence-electron chi connectivity index (χ0n) is 14.3. The third kappa shape index (κ3) is 4.19. The molecule has 21 heavy (non-hydrogen) atoms. The van der Waals surface area contributed by atoms with Gasteiger partial charge in [0.25, 0.3) is 0 Å². The maximum Gasteiger partial charge on any atom is 0.225 e. The van der Waals surface area contributed by atoms with E-state index in [4.69, 9.17) is 10.5 Å². The van der Waals surface area contributed by atoms with Crippen molar-refractivity contribution >= 4 is 5.91 Å². The molecule has 1 aliphatic carbocycles. The van der Waals surface area contributed by atoms with Crippen molar-refractivity contribution < 1.29 is 9.53 Å². The molecule has 1 saturated heterocycles. The van der Waals surface area contributed by atoms with Crippen molar-refractivity contribution in [2.24, 2.45) is 17.6 Å². The summed E-state index contributed by atoms with van der Waals surface area (Å²) >= 11 is 0. The van der Waals surface area contributed by atoms with E-state index >= 15 is 0 Å². The second-order valence-corrected chi connectivity index (χ2v) is 8.29. The van der Waals surface area contributed by atoms with E-state index in [1.807, 2.05) is 4.90 Å². The quantitative estimate of drug-likeness (QED) is 0.852. The normalized spacial score (nSPS) is 33.5. The molecule has 4 nitrogen and oxygen atoms in total. The molecule has 3 atom stereocenters. The summed E-state index contributed by atoms with van der Waals surface area (Å²) in [5.41, 5.74) is 5.53. The second-order valence-electron chi connectivity index (χ2n) is 8.29. The van der Waals surface area contributed by atoms with Crippen molar-refractivity contribution in [2.45, 2.75) is 77.5 Å². The highest BCUT2D eigenvalue weighted by Gasteiger charge is 2.42. The minimum Gasteiger partial charge on any atom is -0.366 e. The SMILES string of the molecule is CC(C(=O)N1CC(C)(C)OC(C)(C)C1)C1CCCC(N)C1. The van der Waals surface area contributed by atoms with Gasteiger partial charge in [0, 0.05) is 25.0 Å². The first-order valence-electron chi connectivity index (χ1n) is 8.34. The molecule has 1 amide bonds. The summed E-state index contributed by atoms with van der Waals surface area (Å²) in [4.78, 5) is 14.9. The topological polar surface area (TPSA) is 55.6 Å². The molecular formula is C17H32N2O2. The van der Waals surface area contributed by atoms with E-state index in [2.05, 4.69) is 34.6 Å². The maximum absolute atomic E-state index is 12.9. The molecule has 0 aromatic carbocycles. The first-order valence-corrected chi connectivity index (χ1v) is 8.34. The monoisotopic (exact) mass is 296 g/mol. The van der Waals surface area contributed by atoms with Gasteiger partial charge < -0.3 is 15.4 Å². The van der Waals surface area contributed by atoms with Gasteiger partial charge in [-0.25, -0.2) is 0 Å². The van der Waals surface area contributed by atoms with Gasteiger partial charge >= 0.3 is 0 Å². The highest BCUT2D eigenvalue weighted by molar-refractivity contribution is 5.79. The number of hydrogen-bond donors (Lipinski definition) is 1. The van der Waals surface area contributed by atoms with Crippen LogP contribution in [-0.4, -0.2) is 41.1 Å². The zero-order chi connectivity index (χ0) is 15.8. The smallest absolute Gasteiger partial charge is 0.225 e. The first kappa shape index (κ1) is 16.8. The fourth-order valence-corrected chi connectivity index (χ4v) is 4.15. The number of carbonyl (C=O) groups excluding carboxylic acids is 1. The molecule has 2 fully saturated rings. The lowest BCUT2D eigenvalue weighted by Gasteiger charge is -2.48. The summed E-state index contributed by atoms with van der Waals surface area (Å²) in [6.45, 7) is 11.7. The van der Waals surface area contributed by atoms with Crippen molar-refractivity contribution in [3.05, 3.63) is 0 Å². The Hall–Kier alpha value is -0.610. The van der Waals surface area contributed by atoms with Crippen molar-refractivity contribution in [1.82, 2.24) is 4.90 Å². The van der Waals surface area contributed by atoms with E-state index in [0.717, 1.165) is 25.7 Å². The van der Waals surface area contributed by atoms with Gasteiger partial charge in [-0.3, -0.25) is 4.79 Å². The van der Waals surface area contributed by atoms with Gasteiger partial charge in [-0.2, -0.15) is 0 Å². The molecule has 1 aliphatic heterocycles. The van der Waals surface area contributed by atoms with Crippen LogP contribution in [0, 0.1) is 11.8 Å². The lowest BCUT2D eigenvalue weighted by atomic mass is 9.78. The van der Waals surface area contributed by atoms with E-state index < -0.39 is 0 Å². The molecule has 2 aliphatic rings. The number of ether oxygens (including phenoxy) is 1. The van der Waals surface area contributed by atoms with Crippen LogP contribution < -0.4 is 5.73 Å². The predicted octanol–water partition coefficient (Wildman–Crippen LogP) is 2.56. The standard InChI is InChI=1S/C17H32N2O2/c1-12(13-7-6-8-14(18)9-13)15(20)19-10-16(2,3)21-17(4,5)11-19/h12-14H,6-11,18H2,1-5H3. The number of rotatable bonds is 2. The Morgan fingerprint density at radius 1 is 1.19 bits per heavy atom. The van der Waals surface area contributed by atoms with Crippen LogP contribution in [0.2, 0.25) is 0 Å². The number of hydrogen-bond acceptors (Lipinski definition) is 3. The van der Waals surface area contributed by atoms with E-state index in [0.29, 0.717) is 19.0 Å². The summed E-state index contributed by atoms with van der Waals surface area (Å²) in [6, 6.07) is 0.275. The summed E-state index contributed by atoms with van der Waals surface area (Å²) < 4.78 is 6.07. The molecule has 3 unspecified atom stereocenters. The molecular weight excluding hydrogens is 264 g/mol. The van der Waals surface area contributed by atoms with Crippen LogP contribution in [0.3, 0.4) is 0 Å². The van der Waals surface area contributed by atoms with Crippen molar-refractivity contribution in [2.75, 3.05) is 13.1 Å². The zero-order valence-corrected chi connectivity index (χ0v) is 14.3. The number of carbonyl (C=O) groups is 1. The Kier molecular flexibility index (Phi) is 4.69. The van der Waals surface area contributed by atoms with E-state index in [-0.39, 0.29) is 29.1 Å². The van der Waals surface area contributed by atoms with Gasteiger partial charge in [0.05, 0.1) is 11.2 Å². The van der Waals surface area contributed by atoms with Crippen molar-refractivity contribution in [1.29, 1.82) is 0 Å². The average Bonchev–Trinajstić information content (AvgIpc) is 2.33. The summed E-state index contributed by atoms with van der Waals surface area (Å²) in [6.07, 6.45) is 4.39. The first-order chi connectivity index (χ1) is 9.60. The maximum atomic E-state index is 12.9. The molecule has 122 valence electrons. The van der Waals surface area contributed by atoms with Gasteiger partial charge in [0.2, 0.25) is 5.91 Å². The van der Waals surface area contributed by atoms with Crippen LogP contribution in [0.4, 0.5) is 0 Å². The molecule has 1 heterocycles. The van der Waals surface area contributed by atoms with Crippen molar-refractivity contribution in [3.8, 4) is 0 Å². The van der Waals surface area contributed by atoms with Crippen LogP contribution in [0.15, 0.2) is 0 Å². The molecule has 0 aromatic heterocycles. The third-order valence-electron chi connectivity index (χ3n) is 4.86. The van der Waals surface area contributed by atoms with Crippen molar-refractivity contribution in [3.63, 3.8) is 0 Å². The molecule has 0 spiro atoms. The van der Waals surface area contributed by atoms with Gasteiger partial charge in [-0.1, -0.05) is 13.3 Å². The van der Waals surface area contributed by atoms with Gasteiger partial charge in [0.1, 0.15) is 0 Å². The summed E-state index contributed by atoms with van der Waals surface area (Å²) in [5.74, 6) is 0.787. The molecule has 1 saturated carbocycles. The third-order valence-corrected chi connectivity index (χ3v) is 4.86. The van der Waals surface area contributed by atoms with Gasteiger partial charge in [-0.15, -0.1) is 0 Å². The van der Waals surface area contributed by atoms with Gasteiger partial charge in [0.15, 0.2) is 0 Å². The van der Waals surface area contributed by atoms with Crippen LogP contribution in [0.1, 0.15) is 60.3 Å². The molecule has 0 bridgehead atoms. The van der Waals surface area contributed by atoms with Crippen LogP contribution in [-0.2, 0) is 9.53 Å². The largest absolute Gasteiger partial charge is 0.366 e. The fraction of sp³-hybridized carbons (Fsp3) is 0.941. The lowest BCUT2D eigenvalue weighted by molar-refractivity contribution is -0.190. The Balaban J connectivity index is 2.04. The average molecular weight is 296 g/mol. The highest BCUT2D eigenvalue weighted by atomic mass is 16.5. The number of nitrogens with two attached hydrogens (primary N) is 1. The number of morpholine rings is 1.